The van der Waals surface area contributed by atoms with Crippen LogP contribution in [0.5, 0.6) is 0 Å². The molecular formula is C17H22N4OS. The van der Waals surface area contributed by atoms with Gasteiger partial charge in [-0.25, -0.2) is 4.98 Å². The van der Waals surface area contributed by atoms with Crippen molar-refractivity contribution in [1.29, 1.82) is 0 Å². The summed E-state index contributed by atoms with van der Waals surface area (Å²) < 4.78 is 0. The molecular weight excluding hydrogens is 308 g/mol. The Hall–Kier alpha value is -1.92. The topological polar surface area (TPSA) is 48.5 Å². The van der Waals surface area contributed by atoms with Crippen LogP contribution < -0.4 is 10.2 Å². The zero-order valence-corrected chi connectivity index (χ0v) is 14.1. The Morgan fingerprint density at radius 3 is 2.78 bits per heavy atom. The Kier molecular flexibility index (Phi) is 5.25. The Balaban J connectivity index is 1.57. The predicted molar refractivity (Wildman–Crippen MR) is 95.1 cm³/mol. The molecule has 1 aromatic heterocycles. The molecule has 1 amide bonds. The van der Waals surface area contributed by atoms with Gasteiger partial charge in [-0.2, -0.15) is 0 Å². The van der Waals surface area contributed by atoms with E-state index < -0.39 is 0 Å². The molecule has 1 N–H and O–H groups in total. The molecule has 0 aliphatic carbocycles. The number of anilines is 2. The number of para-hydroxylation sites is 1. The lowest BCUT2D eigenvalue weighted by atomic mass is 10.2. The van der Waals surface area contributed by atoms with Gasteiger partial charge in [0.1, 0.15) is 0 Å². The minimum Gasteiger partial charge on any atom is -0.347 e. The van der Waals surface area contributed by atoms with Gasteiger partial charge >= 0.3 is 0 Å². The molecule has 23 heavy (non-hydrogen) atoms. The number of aromatic nitrogens is 1. The van der Waals surface area contributed by atoms with Crippen LogP contribution in [0, 0.1) is 0 Å². The minimum atomic E-state index is -0.133. The molecule has 3 rings (SSSR count). The van der Waals surface area contributed by atoms with Gasteiger partial charge in [-0.3, -0.25) is 9.69 Å². The lowest BCUT2D eigenvalue weighted by Crippen LogP contribution is -2.43. The lowest BCUT2D eigenvalue weighted by molar-refractivity contribution is -0.120. The van der Waals surface area contributed by atoms with Gasteiger partial charge in [-0.05, 0) is 25.5 Å². The van der Waals surface area contributed by atoms with Gasteiger partial charge in [0.05, 0.1) is 6.04 Å². The van der Waals surface area contributed by atoms with Gasteiger partial charge in [-0.1, -0.05) is 18.2 Å². The highest BCUT2D eigenvalue weighted by molar-refractivity contribution is 7.13. The van der Waals surface area contributed by atoms with Crippen molar-refractivity contribution in [2.75, 3.05) is 36.4 Å². The number of hydrogen-bond acceptors (Lipinski definition) is 5. The third kappa shape index (κ3) is 4.09. The summed E-state index contributed by atoms with van der Waals surface area (Å²) in [7, 11) is 0. The molecule has 0 spiro atoms. The Morgan fingerprint density at radius 2 is 2.04 bits per heavy atom. The lowest BCUT2D eigenvalue weighted by Gasteiger charge is -2.26. The molecule has 0 saturated carbocycles. The quantitative estimate of drug-likeness (QED) is 0.936. The second-order valence-electron chi connectivity index (χ2n) is 5.72. The maximum absolute atomic E-state index is 12.5. The van der Waals surface area contributed by atoms with Gasteiger partial charge in [0.25, 0.3) is 0 Å². The summed E-state index contributed by atoms with van der Waals surface area (Å²) in [5.41, 5.74) is 0.851. The van der Waals surface area contributed by atoms with Crippen molar-refractivity contribution < 1.29 is 4.79 Å². The number of thiazole rings is 1. The first-order valence-electron chi connectivity index (χ1n) is 7.98. The predicted octanol–water partition coefficient (Wildman–Crippen LogP) is 2.68. The van der Waals surface area contributed by atoms with E-state index in [0.29, 0.717) is 0 Å². The summed E-state index contributed by atoms with van der Waals surface area (Å²) in [5.74, 6) is 0.0545. The standard InChI is InChI=1S/C17H22N4OS/c1-14(16(22)19-15-6-3-2-4-7-15)20-9-5-10-21(12-11-20)17-18-8-13-23-17/h2-4,6-8,13-14H,5,9-12H2,1H3,(H,19,22)/t14-/m0/s1. The van der Waals surface area contributed by atoms with Crippen molar-refractivity contribution in [2.24, 2.45) is 0 Å². The molecule has 5 nitrogen and oxygen atoms in total. The summed E-state index contributed by atoms with van der Waals surface area (Å²) in [4.78, 5) is 21.4. The first-order valence-corrected chi connectivity index (χ1v) is 8.86. The van der Waals surface area contributed by atoms with Crippen molar-refractivity contribution in [1.82, 2.24) is 9.88 Å². The van der Waals surface area contributed by atoms with Crippen LogP contribution in [0.2, 0.25) is 0 Å². The average molecular weight is 330 g/mol. The summed E-state index contributed by atoms with van der Waals surface area (Å²) in [6, 6.07) is 9.50. The molecule has 0 bridgehead atoms. The molecule has 0 unspecified atom stereocenters. The highest BCUT2D eigenvalue weighted by atomic mass is 32.1. The van der Waals surface area contributed by atoms with Crippen LogP contribution in [0.25, 0.3) is 0 Å². The van der Waals surface area contributed by atoms with Crippen LogP contribution in [0.3, 0.4) is 0 Å². The maximum Gasteiger partial charge on any atom is 0.241 e. The molecule has 0 radical (unpaired) electrons. The first kappa shape index (κ1) is 16.0. The molecule has 1 aromatic carbocycles. The number of amides is 1. The Labute approximate surface area is 140 Å². The first-order chi connectivity index (χ1) is 11.2. The molecule has 1 atom stereocenters. The van der Waals surface area contributed by atoms with Gasteiger partial charge in [-0.15, -0.1) is 11.3 Å². The normalized spacial score (nSPS) is 17.5. The Morgan fingerprint density at radius 1 is 1.22 bits per heavy atom. The smallest absolute Gasteiger partial charge is 0.241 e. The summed E-state index contributed by atoms with van der Waals surface area (Å²) in [6.07, 6.45) is 2.89. The molecule has 1 fully saturated rings. The van der Waals surface area contributed by atoms with Crippen molar-refractivity contribution in [2.45, 2.75) is 19.4 Å². The fourth-order valence-electron chi connectivity index (χ4n) is 2.82. The van der Waals surface area contributed by atoms with E-state index >= 15 is 0 Å². The second-order valence-corrected chi connectivity index (χ2v) is 6.60. The zero-order valence-electron chi connectivity index (χ0n) is 13.3. The number of nitrogens with one attached hydrogen (secondary N) is 1. The van der Waals surface area contributed by atoms with Crippen LogP contribution in [0.1, 0.15) is 13.3 Å². The highest BCUT2D eigenvalue weighted by Gasteiger charge is 2.24. The van der Waals surface area contributed by atoms with E-state index in [0.717, 1.165) is 43.4 Å². The van der Waals surface area contributed by atoms with E-state index in [-0.39, 0.29) is 11.9 Å². The number of hydrogen-bond donors (Lipinski definition) is 1. The van der Waals surface area contributed by atoms with Crippen LogP contribution in [0.4, 0.5) is 10.8 Å². The highest BCUT2D eigenvalue weighted by Crippen LogP contribution is 2.20. The fraction of sp³-hybridized carbons (Fsp3) is 0.412. The molecule has 1 aliphatic rings. The van der Waals surface area contributed by atoms with Crippen LogP contribution in [-0.4, -0.2) is 48.0 Å². The molecule has 1 saturated heterocycles. The third-order valence-electron chi connectivity index (χ3n) is 4.19. The van der Waals surface area contributed by atoms with E-state index in [1.807, 2.05) is 48.8 Å². The van der Waals surface area contributed by atoms with Crippen LogP contribution in [-0.2, 0) is 4.79 Å². The van der Waals surface area contributed by atoms with Crippen molar-refractivity contribution >= 4 is 28.1 Å². The Bertz CT molecular complexity index is 617. The number of nitrogens with zero attached hydrogens (tertiary/aromatic N) is 3. The van der Waals surface area contributed by atoms with Gasteiger partial charge in [0.15, 0.2) is 5.13 Å². The van der Waals surface area contributed by atoms with Gasteiger partial charge in [0.2, 0.25) is 5.91 Å². The molecule has 2 heterocycles. The van der Waals surface area contributed by atoms with E-state index in [4.69, 9.17) is 0 Å². The molecule has 6 heteroatoms. The van der Waals surface area contributed by atoms with E-state index in [1.165, 1.54) is 0 Å². The zero-order chi connectivity index (χ0) is 16.1. The third-order valence-corrected chi connectivity index (χ3v) is 5.02. The molecule has 2 aromatic rings. The van der Waals surface area contributed by atoms with Crippen molar-refractivity contribution in [3.8, 4) is 0 Å². The van der Waals surface area contributed by atoms with Crippen LogP contribution >= 0.6 is 11.3 Å². The SMILES string of the molecule is C[C@@H](C(=O)Nc1ccccc1)N1CCCN(c2nccs2)CC1. The van der Waals surface area contributed by atoms with E-state index in [1.54, 1.807) is 11.3 Å². The summed E-state index contributed by atoms with van der Waals surface area (Å²) in [5, 5.41) is 6.08. The number of rotatable bonds is 4. The number of carbonyl (C=O) groups excluding carboxylic acids is 1. The van der Waals surface area contributed by atoms with Crippen LogP contribution in [0.15, 0.2) is 41.9 Å². The second kappa shape index (κ2) is 7.57. The minimum absolute atomic E-state index is 0.0545. The molecule has 1 aliphatic heterocycles. The average Bonchev–Trinajstić information content (AvgIpc) is 3.00. The van der Waals surface area contributed by atoms with E-state index in [2.05, 4.69) is 20.1 Å². The monoisotopic (exact) mass is 330 g/mol. The van der Waals surface area contributed by atoms with E-state index in [9.17, 15) is 4.79 Å². The van der Waals surface area contributed by atoms with Crippen molar-refractivity contribution in [3.63, 3.8) is 0 Å². The molecule has 122 valence electrons. The summed E-state index contributed by atoms with van der Waals surface area (Å²) in [6.45, 7) is 5.71. The van der Waals surface area contributed by atoms with Gasteiger partial charge in [0, 0.05) is 43.4 Å². The van der Waals surface area contributed by atoms with Gasteiger partial charge < -0.3 is 10.2 Å². The fourth-order valence-corrected chi connectivity index (χ4v) is 3.52. The largest absolute Gasteiger partial charge is 0.347 e. The number of carbonyl (C=O) groups is 1. The summed E-state index contributed by atoms with van der Waals surface area (Å²) >= 11 is 1.67. The maximum atomic E-state index is 12.5. The number of benzene rings is 1. The van der Waals surface area contributed by atoms with Crippen molar-refractivity contribution in [3.05, 3.63) is 41.9 Å².